The predicted molar refractivity (Wildman–Crippen MR) is 50.0 cm³/mol. The van der Waals surface area contributed by atoms with E-state index in [2.05, 4.69) is 30.4 Å². The van der Waals surface area contributed by atoms with Crippen LogP contribution in [0.1, 0.15) is 10.4 Å². The Hall–Kier alpha value is -1.31. The molecule has 0 spiro atoms. The number of aromatic nitrogens is 1. The molecule has 88 valence electrons. The van der Waals surface area contributed by atoms with E-state index in [1.807, 2.05) is 0 Å². The van der Waals surface area contributed by atoms with Crippen molar-refractivity contribution in [2.75, 3.05) is 7.11 Å². The van der Waals surface area contributed by atoms with Crippen molar-refractivity contribution < 1.29 is 27.4 Å². The number of halogens is 4. The molecule has 0 amide bonds. The molecule has 0 N–H and O–H groups in total. The normalized spacial score (nSPS) is 11.1. The van der Waals surface area contributed by atoms with Gasteiger partial charge in [0.15, 0.2) is 0 Å². The smallest absolute Gasteiger partial charge is 0.465 e. The zero-order valence-electron chi connectivity index (χ0n) is 7.84. The van der Waals surface area contributed by atoms with E-state index in [-0.39, 0.29) is 10.0 Å². The molecular weight excluding hydrogens is 295 g/mol. The van der Waals surface area contributed by atoms with E-state index in [9.17, 15) is 18.0 Å². The molecule has 0 unspecified atom stereocenters. The molecule has 0 aliphatic carbocycles. The van der Waals surface area contributed by atoms with E-state index >= 15 is 0 Å². The monoisotopic (exact) mass is 299 g/mol. The Morgan fingerprint density at radius 1 is 1.50 bits per heavy atom. The van der Waals surface area contributed by atoms with E-state index in [0.717, 1.165) is 19.4 Å². The molecule has 1 aromatic heterocycles. The summed E-state index contributed by atoms with van der Waals surface area (Å²) in [7, 11) is 1.11. The zero-order valence-corrected chi connectivity index (χ0v) is 9.42. The Kier molecular flexibility index (Phi) is 3.74. The van der Waals surface area contributed by atoms with Gasteiger partial charge in [0.05, 0.1) is 17.1 Å². The van der Waals surface area contributed by atoms with Crippen LogP contribution in [0.2, 0.25) is 0 Å². The number of alkyl halides is 3. The zero-order chi connectivity index (χ0) is 12.3. The van der Waals surface area contributed by atoms with Gasteiger partial charge in [-0.3, -0.25) is 0 Å². The first-order chi connectivity index (χ1) is 7.33. The van der Waals surface area contributed by atoms with Crippen LogP contribution in [0.3, 0.4) is 0 Å². The predicted octanol–water partition coefficient (Wildman–Crippen LogP) is 2.53. The number of esters is 1. The van der Waals surface area contributed by atoms with Crippen LogP contribution in [0.25, 0.3) is 0 Å². The standard InChI is InChI=1S/C8H5BrF3NO3/c1-15-7(14)4-2-6(13-3-5(4)9)16-8(10,11)12/h2-3H,1H3. The maximum Gasteiger partial charge on any atom is 0.574 e. The summed E-state index contributed by atoms with van der Waals surface area (Å²) in [4.78, 5) is 14.5. The number of carbonyl (C=O) groups is 1. The van der Waals surface area contributed by atoms with Gasteiger partial charge in [0, 0.05) is 12.3 Å². The van der Waals surface area contributed by atoms with Gasteiger partial charge < -0.3 is 9.47 Å². The van der Waals surface area contributed by atoms with E-state index in [0.29, 0.717) is 0 Å². The number of hydrogen-bond donors (Lipinski definition) is 0. The van der Waals surface area contributed by atoms with Gasteiger partial charge in [0.2, 0.25) is 5.88 Å². The molecule has 1 aromatic rings. The molecule has 4 nitrogen and oxygen atoms in total. The minimum Gasteiger partial charge on any atom is -0.465 e. The Labute approximate surface area is 96.5 Å². The summed E-state index contributed by atoms with van der Waals surface area (Å²) < 4.78 is 43.7. The van der Waals surface area contributed by atoms with Crippen molar-refractivity contribution in [3.63, 3.8) is 0 Å². The first-order valence-corrected chi connectivity index (χ1v) is 4.62. The van der Waals surface area contributed by atoms with Crippen LogP contribution in [0.5, 0.6) is 5.88 Å². The number of rotatable bonds is 2. The third-order valence-electron chi connectivity index (χ3n) is 1.46. The second kappa shape index (κ2) is 4.69. The van der Waals surface area contributed by atoms with Crippen LogP contribution in [-0.2, 0) is 4.74 Å². The lowest BCUT2D eigenvalue weighted by atomic mass is 10.3. The second-order valence-corrected chi connectivity index (χ2v) is 3.40. The van der Waals surface area contributed by atoms with Crippen molar-refractivity contribution >= 4 is 21.9 Å². The minimum atomic E-state index is -4.85. The molecule has 1 heterocycles. The Balaban J connectivity index is 3.03. The van der Waals surface area contributed by atoms with Crippen LogP contribution in [-0.4, -0.2) is 24.4 Å². The maximum absolute atomic E-state index is 11.9. The molecule has 0 bridgehead atoms. The second-order valence-electron chi connectivity index (χ2n) is 2.54. The summed E-state index contributed by atoms with van der Waals surface area (Å²) in [6, 6.07) is 0.837. The quantitative estimate of drug-likeness (QED) is 0.788. The summed E-state index contributed by atoms with van der Waals surface area (Å²) in [6.45, 7) is 0. The lowest BCUT2D eigenvalue weighted by Gasteiger charge is -2.09. The highest BCUT2D eigenvalue weighted by Gasteiger charge is 2.32. The SMILES string of the molecule is COC(=O)c1cc(OC(F)(F)F)ncc1Br. The summed E-state index contributed by atoms with van der Waals surface area (Å²) in [5.74, 6) is -1.52. The number of nitrogens with zero attached hydrogens (tertiary/aromatic N) is 1. The average molecular weight is 300 g/mol. The largest absolute Gasteiger partial charge is 0.574 e. The summed E-state index contributed by atoms with van der Waals surface area (Å²) in [5, 5.41) is 0. The lowest BCUT2D eigenvalue weighted by Crippen LogP contribution is -2.18. The van der Waals surface area contributed by atoms with E-state index in [1.54, 1.807) is 0 Å². The van der Waals surface area contributed by atoms with Crippen molar-refractivity contribution in [3.05, 3.63) is 22.3 Å². The third kappa shape index (κ3) is 3.37. The summed E-state index contributed by atoms with van der Waals surface area (Å²) in [5.41, 5.74) is -0.100. The molecular formula is C8H5BrF3NO3. The van der Waals surface area contributed by atoms with E-state index < -0.39 is 18.2 Å². The highest BCUT2D eigenvalue weighted by molar-refractivity contribution is 9.10. The van der Waals surface area contributed by atoms with Gasteiger partial charge in [-0.1, -0.05) is 0 Å². The Morgan fingerprint density at radius 3 is 2.62 bits per heavy atom. The Bertz CT molecular complexity index is 408. The minimum absolute atomic E-state index is 0.100. The number of methoxy groups -OCH3 is 1. The molecule has 16 heavy (non-hydrogen) atoms. The molecule has 0 aliphatic heterocycles. The Morgan fingerprint density at radius 2 is 2.12 bits per heavy atom. The topological polar surface area (TPSA) is 48.4 Å². The third-order valence-corrected chi connectivity index (χ3v) is 2.09. The van der Waals surface area contributed by atoms with Crippen LogP contribution >= 0.6 is 15.9 Å². The van der Waals surface area contributed by atoms with Gasteiger partial charge >= 0.3 is 12.3 Å². The van der Waals surface area contributed by atoms with Gasteiger partial charge in [-0.05, 0) is 15.9 Å². The van der Waals surface area contributed by atoms with Crippen molar-refractivity contribution in [3.8, 4) is 5.88 Å². The van der Waals surface area contributed by atoms with Crippen molar-refractivity contribution in [1.29, 1.82) is 0 Å². The van der Waals surface area contributed by atoms with Gasteiger partial charge in [0.25, 0.3) is 0 Å². The number of pyridine rings is 1. The number of carbonyl (C=O) groups excluding carboxylic acids is 1. The molecule has 8 heteroatoms. The molecule has 0 atom stereocenters. The summed E-state index contributed by atoms with van der Waals surface area (Å²) >= 11 is 2.95. The molecule has 0 radical (unpaired) electrons. The van der Waals surface area contributed by atoms with E-state index in [4.69, 9.17) is 0 Å². The van der Waals surface area contributed by atoms with E-state index in [1.165, 1.54) is 0 Å². The first-order valence-electron chi connectivity index (χ1n) is 3.83. The molecule has 0 aliphatic rings. The molecule has 0 saturated carbocycles. The van der Waals surface area contributed by atoms with Crippen molar-refractivity contribution in [2.24, 2.45) is 0 Å². The van der Waals surface area contributed by atoms with Crippen LogP contribution in [0, 0.1) is 0 Å². The molecule has 0 fully saturated rings. The maximum atomic E-state index is 11.9. The van der Waals surface area contributed by atoms with Crippen LogP contribution < -0.4 is 4.74 Å². The van der Waals surface area contributed by atoms with Gasteiger partial charge in [-0.2, -0.15) is 0 Å². The van der Waals surface area contributed by atoms with Crippen molar-refractivity contribution in [1.82, 2.24) is 4.98 Å². The molecule has 1 rings (SSSR count). The fraction of sp³-hybridized carbons (Fsp3) is 0.250. The van der Waals surface area contributed by atoms with Gasteiger partial charge in [-0.25, -0.2) is 9.78 Å². The van der Waals surface area contributed by atoms with Crippen molar-refractivity contribution in [2.45, 2.75) is 6.36 Å². The average Bonchev–Trinajstić information content (AvgIpc) is 2.18. The fourth-order valence-electron chi connectivity index (χ4n) is 0.860. The van der Waals surface area contributed by atoms with Crippen LogP contribution in [0.15, 0.2) is 16.7 Å². The highest BCUT2D eigenvalue weighted by atomic mass is 79.9. The number of hydrogen-bond acceptors (Lipinski definition) is 4. The molecule has 0 aromatic carbocycles. The lowest BCUT2D eigenvalue weighted by molar-refractivity contribution is -0.276. The van der Waals surface area contributed by atoms with Crippen LogP contribution in [0.4, 0.5) is 13.2 Å². The number of ether oxygens (including phenoxy) is 2. The first kappa shape index (κ1) is 12.8. The van der Waals surface area contributed by atoms with Gasteiger partial charge in [-0.15, -0.1) is 13.2 Å². The highest BCUT2D eigenvalue weighted by Crippen LogP contribution is 2.25. The fourth-order valence-corrected chi connectivity index (χ4v) is 1.24. The van der Waals surface area contributed by atoms with Gasteiger partial charge in [0.1, 0.15) is 0 Å². The molecule has 0 saturated heterocycles. The summed E-state index contributed by atoms with van der Waals surface area (Å²) in [6.07, 6.45) is -3.83.